The molecule has 0 radical (unpaired) electrons. The molecular formula is C25H19ClN4O. The van der Waals surface area contributed by atoms with Crippen molar-refractivity contribution in [3.63, 3.8) is 0 Å². The number of para-hydroxylation sites is 1. The van der Waals surface area contributed by atoms with Gasteiger partial charge in [-0.3, -0.25) is 9.78 Å². The number of hydrogen-bond acceptors (Lipinski definition) is 4. The Labute approximate surface area is 185 Å². The summed E-state index contributed by atoms with van der Waals surface area (Å²) in [5.41, 5.74) is 3.54. The van der Waals surface area contributed by atoms with Gasteiger partial charge in [-0.05, 0) is 29.8 Å². The standard InChI is InChI=1S/C25H19ClN4O/c26-22-10-3-1-9-20(22)24-15-21(19-8-2-4-11-23(19)29-24)25(31)30(14-6-12-27)17-18-7-5-13-28-16-18/h1-5,7-11,13,15-16H,6,14,17H2. The summed E-state index contributed by atoms with van der Waals surface area (Å²) in [7, 11) is 0. The van der Waals surface area contributed by atoms with Gasteiger partial charge in [0.15, 0.2) is 0 Å². The molecule has 4 rings (SSSR count). The number of halogens is 1. The quantitative estimate of drug-likeness (QED) is 0.407. The summed E-state index contributed by atoms with van der Waals surface area (Å²) in [6.07, 6.45) is 3.66. The van der Waals surface area contributed by atoms with Gasteiger partial charge in [-0.2, -0.15) is 5.26 Å². The van der Waals surface area contributed by atoms with E-state index in [0.717, 1.165) is 16.5 Å². The molecule has 0 unspecified atom stereocenters. The van der Waals surface area contributed by atoms with Crippen LogP contribution in [0.3, 0.4) is 0 Å². The predicted molar refractivity (Wildman–Crippen MR) is 121 cm³/mol. The molecule has 152 valence electrons. The fraction of sp³-hybridized carbons (Fsp3) is 0.120. The summed E-state index contributed by atoms with van der Waals surface area (Å²) in [5.74, 6) is -0.161. The van der Waals surface area contributed by atoms with Crippen LogP contribution in [0.2, 0.25) is 5.02 Å². The van der Waals surface area contributed by atoms with Crippen molar-refractivity contribution >= 4 is 28.4 Å². The lowest BCUT2D eigenvalue weighted by atomic mass is 10.0. The molecule has 0 atom stereocenters. The van der Waals surface area contributed by atoms with Crippen molar-refractivity contribution in [3.8, 4) is 17.3 Å². The molecule has 0 fully saturated rings. The summed E-state index contributed by atoms with van der Waals surface area (Å²) >= 11 is 6.40. The van der Waals surface area contributed by atoms with E-state index >= 15 is 0 Å². The number of hydrogen-bond donors (Lipinski definition) is 0. The lowest BCUT2D eigenvalue weighted by Crippen LogP contribution is -2.31. The number of nitrogens with zero attached hydrogens (tertiary/aromatic N) is 4. The van der Waals surface area contributed by atoms with Gasteiger partial charge in [-0.25, -0.2) is 4.98 Å². The van der Waals surface area contributed by atoms with Gasteiger partial charge in [0.05, 0.1) is 29.3 Å². The molecule has 0 saturated heterocycles. The van der Waals surface area contributed by atoms with Crippen molar-refractivity contribution in [2.75, 3.05) is 6.54 Å². The summed E-state index contributed by atoms with van der Waals surface area (Å²) in [6, 6.07) is 22.7. The number of amides is 1. The molecule has 0 aliphatic heterocycles. The van der Waals surface area contributed by atoms with E-state index < -0.39 is 0 Å². The molecule has 31 heavy (non-hydrogen) atoms. The van der Waals surface area contributed by atoms with Crippen LogP contribution in [0, 0.1) is 11.3 Å². The van der Waals surface area contributed by atoms with Crippen molar-refractivity contribution in [3.05, 3.63) is 95.3 Å². The highest BCUT2D eigenvalue weighted by Crippen LogP contribution is 2.30. The topological polar surface area (TPSA) is 69.9 Å². The van der Waals surface area contributed by atoms with E-state index in [9.17, 15) is 4.79 Å². The normalized spacial score (nSPS) is 10.6. The average molecular weight is 427 g/mol. The molecule has 0 N–H and O–H groups in total. The van der Waals surface area contributed by atoms with Crippen molar-refractivity contribution in [1.29, 1.82) is 5.26 Å². The summed E-state index contributed by atoms with van der Waals surface area (Å²) in [6.45, 7) is 0.689. The van der Waals surface area contributed by atoms with E-state index in [1.807, 2.05) is 54.6 Å². The molecule has 5 nitrogen and oxygen atoms in total. The first-order valence-electron chi connectivity index (χ1n) is 9.87. The molecule has 2 aromatic carbocycles. The summed E-state index contributed by atoms with van der Waals surface area (Å²) < 4.78 is 0. The zero-order chi connectivity index (χ0) is 21.6. The van der Waals surface area contributed by atoms with E-state index in [-0.39, 0.29) is 12.3 Å². The maximum Gasteiger partial charge on any atom is 0.254 e. The molecule has 1 amide bonds. The van der Waals surface area contributed by atoms with Crippen molar-refractivity contribution in [1.82, 2.24) is 14.9 Å². The van der Waals surface area contributed by atoms with E-state index in [2.05, 4.69) is 11.1 Å². The Kier molecular flexibility index (Phi) is 6.21. The second-order valence-corrected chi connectivity index (χ2v) is 7.46. The number of carbonyl (C=O) groups is 1. The first-order chi connectivity index (χ1) is 15.2. The number of aromatic nitrogens is 2. The van der Waals surface area contributed by atoms with Crippen LogP contribution in [0.25, 0.3) is 22.2 Å². The van der Waals surface area contributed by atoms with Crippen LogP contribution in [0.4, 0.5) is 0 Å². The van der Waals surface area contributed by atoms with Crippen LogP contribution in [0.5, 0.6) is 0 Å². The lowest BCUT2D eigenvalue weighted by Gasteiger charge is -2.23. The number of rotatable bonds is 6. The van der Waals surface area contributed by atoms with E-state index in [1.54, 1.807) is 29.4 Å². The Balaban J connectivity index is 1.81. The highest BCUT2D eigenvalue weighted by Gasteiger charge is 2.21. The average Bonchev–Trinajstić information content (AvgIpc) is 2.81. The van der Waals surface area contributed by atoms with Crippen LogP contribution < -0.4 is 0 Å². The number of fused-ring (bicyclic) bond motifs is 1. The number of benzene rings is 2. The minimum absolute atomic E-state index is 0.161. The first kappa shape index (κ1) is 20.5. The minimum Gasteiger partial charge on any atom is -0.333 e. The second kappa shape index (κ2) is 9.38. The van der Waals surface area contributed by atoms with E-state index in [1.165, 1.54) is 0 Å². The van der Waals surface area contributed by atoms with Crippen molar-refractivity contribution in [2.24, 2.45) is 0 Å². The third kappa shape index (κ3) is 4.55. The number of carbonyl (C=O) groups excluding carboxylic acids is 1. The summed E-state index contributed by atoms with van der Waals surface area (Å²) in [5, 5.41) is 10.4. The first-order valence-corrected chi connectivity index (χ1v) is 10.2. The molecule has 0 spiro atoms. The maximum absolute atomic E-state index is 13.7. The van der Waals surface area contributed by atoms with Gasteiger partial charge >= 0.3 is 0 Å². The van der Waals surface area contributed by atoms with Crippen LogP contribution in [-0.4, -0.2) is 27.3 Å². The number of pyridine rings is 2. The highest BCUT2D eigenvalue weighted by molar-refractivity contribution is 6.33. The van der Waals surface area contributed by atoms with Crippen LogP contribution >= 0.6 is 11.6 Å². The Morgan fingerprint density at radius 2 is 1.87 bits per heavy atom. The van der Waals surface area contributed by atoms with Crippen LogP contribution in [-0.2, 0) is 6.54 Å². The molecule has 6 heteroatoms. The number of nitriles is 1. The highest BCUT2D eigenvalue weighted by atomic mass is 35.5. The lowest BCUT2D eigenvalue weighted by molar-refractivity contribution is 0.0748. The summed E-state index contributed by atoms with van der Waals surface area (Å²) in [4.78, 5) is 24.2. The van der Waals surface area contributed by atoms with Gasteiger partial charge in [0.1, 0.15) is 0 Å². The monoisotopic (exact) mass is 426 g/mol. The minimum atomic E-state index is -0.161. The second-order valence-electron chi connectivity index (χ2n) is 7.05. The van der Waals surface area contributed by atoms with Crippen LogP contribution in [0.1, 0.15) is 22.3 Å². The van der Waals surface area contributed by atoms with Crippen LogP contribution in [0.15, 0.2) is 79.1 Å². The Morgan fingerprint density at radius 1 is 1.06 bits per heavy atom. The molecule has 2 heterocycles. The molecular weight excluding hydrogens is 408 g/mol. The maximum atomic E-state index is 13.7. The van der Waals surface area contributed by atoms with E-state index in [4.69, 9.17) is 21.8 Å². The third-order valence-electron chi connectivity index (χ3n) is 4.97. The SMILES string of the molecule is N#CCCN(Cc1cccnc1)C(=O)c1cc(-c2ccccc2Cl)nc2ccccc12. The molecule has 4 aromatic rings. The van der Waals surface area contributed by atoms with E-state index in [0.29, 0.717) is 34.9 Å². The smallest absolute Gasteiger partial charge is 0.254 e. The molecule has 0 bridgehead atoms. The van der Waals surface area contributed by atoms with Gasteiger partial charge in [0, 0.05) is 41.5 Å². The Bertz CT molecular complexity index is 1270. The largest absolute Gasteiger partial charge is 0.333 e. The fourth-order valence-electron chi connectivity index (χ4n) is 3.48. The van der Waals surface area contributed by atoms with Gasteiger partial charge in [0.2, 0.25) is 0 Å². The van der Waals surface area contributed by atoms with Gasteiger partial charge in [-0.15, -0.1) is 0 Å². The zero-order valence-electron chi connectivity index (χ0n) is 16.7. The molecule has 0 saturated carbocycles. The molecule has 0 aliphatic rings. The Hall–Kier alpha value is -3.75. The zero-order valence-corrected chi connectivity index (χ0v) is 17.5. The van der Waals surface area contributed by atoms with Gasteiger partial charge in [0.25, 0.3) is 5.91 Å². The predicted octanol–water partition coefficient (Wildman–Crippen LogP) is 5.51. The third-order valence-corrected chi connectivity index (χ3v) is 5.30. The van der Waals surface area contributed by atoms with Gasteiger partial charge in [-0.1, -0.05) is 54.1 Å². The fourth-order valence-corrected chi connectivity index (χ4v) is 3.71. The van der Waals surface area contributed by atoms with Crippen molar-refractivity contribution in [2.45, 2.75) is 13.0 Å². The Morgan fingerprint density at radius 3 is 2.65 bits per heavy atom. The molecule has 0 aliphatic carbocycles. The van der Waals surface area contributed by atoms with Crippen molar-refractivity contribution < 1.29 is 4.79 Å². The molecule has 2 aromatic heterocycles. The van der Waals surface area contributed by atoms with Gasteiger partial charge < -0.3 is 4.90 Å².